The van der Waals surface area contributed by atoms with E-state index in [1.54, 1.807) is 6.92 Å². The fraction of sp³-hybridized carbons (Fsp3) is 0.467. The molecule has 1 heterocycles. The molecule has 0 aromatic heterocycles. The molecule has 0 bridgehead atoms. The first-order valence-electron chi connectivity index (χ1n) is 6.88. The van der Waals surface area contributed by atoms with Crippen molar-refractivity contribution in [3.63, 3.8) is 0 Å². The van der Waals surface area contributed by atoms with Crippen molar-refractivity contribution < 1.29 is 19.1 Å². The molecule has 2 rings (SSSR count). The van der Waals surface area contributed by atoms with Crippen LogP contribution in [0.2, 0.25) is 0 Å². The van der Waals surface area contributed by atoms with Crippen LogP contribution in [0.4, 0.5) is 0 Å². The molecule has 3 atom stereocenters. The van der Waals surface area contributed by atoms with Crippen LogP contribution >= 0.6 is 15.9 Å². The number of halogens is 1. The van der Waals surface area contributed by atoms with E-state index in [-0.39, 0.29) is 18.6 Å². The SMILES string of the molecule is CCOC(=O)C(Cc1ccc(Br)cc1)NC(=O)[C@@H]1O[C@H]1C. The summed E-state index contributed by atoms with van der Waals surface area (Å²) in [6.07, 6.45) is -0.147. The lowest BCUT2D eigenvalue weighted by atomic mass is 10.1. The van der Waals surface area contributed by atoms with Crippen LogP contribution in [0.25, 0.3) is 0 Å². The van der Waals surface area contributed by atoms with Gasteiger partial charge in [-0.15, -0.1) is 0 Å². The molecule has 0 radical (unpaired) electrons. The zero-order chi connectivity index (χ0) is 15.4. The number of ether oxygens (including phenoxy) is 2. The molecule has 1 unspecified atom stereocenters. The Morgan fingerprint density at radius 1 is 1.38 bits per heavy atom. The standard InChI is InChI=1S/C15H18BrNO4/c1-3-20-15(19)12(17-14(18)13-9(2)21-13)8-10-4-6-11(16)7-5-10/h4-7,9,12-13H,3,8H2,1-2H3,(H,17,18)/t9-,12?,13+/m0/s1. The van der Waals surface area contributed by atoms with Gasteiger partial charge in [0.25, 0.3) is 5.91 Å². The highest BCUT2D eigenvalue weighted by molar-refractivity contribution is 9.10. The van der Waals surface area contributed by atoms with Crippen molar-refractivity contribution in [1.29, 1.82) is 0 Å². The smallest absolute Gasteiger partial charge is 0.328 e. The van der Waals surface area contributed by atoms with Gasteiger partial charge in [-0.05, 0) is 31.5 Å². The van der Waals surface area contributed by atoms with Crippen LogP contribution in [0.3, 0.4) is 0 Å². The van der Waals surface area contributed by atoms with E-state index < -0.39 is 18.1 Å². The molecule has 1 aliphatic heterocycles. The van der Waals surface area contributed by atoms with Gasteiger partial charge in [-0.1, -0.05) is 28.1 Å². The van der Waals surface area contributed by atoms with E-state index in [0.717, 1.165) is 10.0 Å². The van der Waals surface area contributed by atoms with Crippen LogP contribution in [-0.4, -0.2) is 36.7 Å². The van der Waals surface area contributed by atoms with E-state index in [1.807, 2.05) is 31.2 Å². The Balaban J connectivity index is 2.02. The zero-order valence-electron chi connectivity index (χ0n) is 12.0. The number of benzene rings is 1. The number of amides is 1. The maximum atomic E-state index is 12.0. The van der Waals surface area contributed by atoms with Crippen molar-refractivity contribution in [3.8, 4) is 0 Å². The van der Waals surface area contributed by atoms with Gasteiger partial charge in [0.2, 0.25) is 0 Å². The number of rotatable bonds is 6. The predicted octanol–water partition coefficient (Wildman–Crippen LogP) is 1.83. The van der Waals surface area contributed by atoms with Crippen LogP contribution in [0, 0.1) is 0 Å². The first-order chi connectivity index (χ1) is 10.0. The Kier molecular flexibility index (Phi) is 5.36. The third-order valence-corrected chi connectivity index (χ3v) is 3.74. The highest BCUT2D eigenvalue weighted by Gasteiger charge is 2.42. The third-order valence-electron chi connectivity index (χ3n) is 3.21. The number of carbonyl (C=O) groups excluding carboxylic acids is 2. The Morgan fingerprint density at radius 2 is 2.00 bits per heavy atom. The monoisotopic (exact) mass is 355 g/mol. The average Bonchev–Trinajstić information content (AvgIpc) is 3.18. The summed E-state index contributed by atoms with van der Waals surface area (Å²) in [5.41, 5.74) is 0.946. The van der Waals surface area contributed by atoms with E-state index in [9.17, 15) is 9.59 Å². The second-order valence-electron chi connectivity index (χ2n) is 4.91. The minimum atomic E-state index is -0.699. The minimum absolute atomic E-state index is 0.0828. The van der Waals surface area contributed by atoms with Gasteiger partial charge in [0, 0.05) is 10.9 Å². The van der Waals surface area contributed by atoms with Gasteiger partial charge in [-0.25, -0.2) is 4.79 Å². The third kappa shape index (κ3) is 4.54. The molecule has 0 spiro atoms. The molecule has 21 heavy (non-hydrogen) atoms. The van der Waals surface area contributed by atoms with E-state index in [0.29, 0.717) is 6.42 Å². The Labute approximate surface area is 132 Å². The summed E-state index contributed by atoms with van der Waals surface area (Å²) in [6.45, 7) is 3.84. The highest BCUT2D eigenvalue weighted by Crippen LogP contribution is 2.21. The lowest BCUT2D eigenvalue weighted by Gasteiger charge is -2.17. The Bertz CT molecular complexity index is 517. The second kappa shape index (κ2) is 7.04. The Morgan fingerprint density at radius 3 is 2.52 bits per heavy atom. The molecule has 1 fully saturated rings. The van der Waals surface area contributed by atoms with Gasteiger partial charge in [0.1, 0.15) is 6.04 Å². The number of nitrogens with one attached hydrogen (secondary N) is 1. The van der Waals surface area contributed by atoms with Crippen LogP contribution in [-0.2, 0) is 25.5 Å². The zero-order valence-corrected chi connectivity index (χ0v) is 13.6. The molecule has 1 aromatic carbocycles. The van der Waals surface area contributed by atoms with Crippen molar-refractivity contribution >= 4 is 27.8 Å². The molecular formula is C15H18BrNO4. The molecule has 5 nitrogen and oxygen atoms in total. The lowest BCUT2D eigenvalue weighted by Crippen LogP contribution is -2.45. The van der Waals surface area contributed by atoms with Crippen molar-refractivity contribution in [2.45, 2.75) is 38.5 Å². The molecule has 6 heteroatoms. The second-order valence-corrected chi connectivity index (χ2v) is 5.82. The van der Waals surface area contributed by atoms with Crippen molar-refractivity contribution in [3.05, 3.63) is 34.3 Å². The average molecular weight is 356 g/mol. The first kappa shape index (κ1) is 16.0. The topological polar surface area (TPSA) is 67.9 Å². The summed E-state index contributed by atoms with van der Waals surface area (Å²) in [4.78, 5) is 23.9. The van der Waals surface area contributed by atoms with Crippen molar-refractivity contribution in [1.82, 2.24) is 5.32 Å². The van der Waals surface area contributed by atoms with Gasteiger partial charge >= 0.3 is 5.97 Å². The highest BCUT2D eigenvalue weighted by atomic mass is 79.9. The summed E-state index contributed by atoms with van der Waals surface area (Å²) in [5.74, 6) is -0.695. The Hall–Kier alpha value is -1.40. The van der Waals surface area contributed by atoms with Gasteiger partial charge in [-0.3, -0.25) is 4.79 Å². The summed E-state index contributed by atoms with van der Waals surface area (Å²) in [6, 6.07) is 6.89. The largest absolute Gasteiger partial charge is 0.464 e. The van der Waals surface area contributed by atoms with Crippen LogP contribution in [0.5, 0.6) is 0 Å². The van der Waals surface area contributed by atoms with Gasteiger partial charge in [0.05, 0.1) is 12.7 Å². The summed E-state index contributed by atoms with van der Waals surface area (Å²) in [7, 11) is 0. The number of hydrogen-bond donors (Lipinski definition) is 1. The number of carbonyl (C=O) groups is 2. The number of esters is 1. The molecule has 1 saturated heterocycles. The van der Waals surface area contributed by atoms with E-state index in [4.69, 9.17) is 9.47 Å². The summed E-state index contributed by atoms with van der Waals surface area (Å²) >= 11 is 3.36. The molecule has 114 valence electrons. The van der Waals surface area contributed by atoms with Gasteiger partial charge in [0.15, 0.2) is 6.10 Å². The molecule has 1 aliphatic rings. The van der Waals surface area contributed by atoms with Crippen LogP contribution in [0.15, 0.2) is 28.7 Å². The van der Waals surface area contributed by atoms with Crippen molar-refractivity contribution in [2.75, 3.05) is 6.61 Å². The van der Waals surface area contributed by atoms with E-state index in [2.05, 4.69) is 21.2 Å². The number of hydrogen-bond acceptors (Lipinski definition) is 4. The molecule has 1 aromatic rings. The molecule has 1 amide bonds. The number of epoxide rings is 1. The maximum Gasteiger partial charge on any atom is 0.328 e. The van der Waals surface area contributed by atoms with Gasteiger partial charge in [-0.2, -0.15) is 0 Å². The van der Waals surface area contributed by atoms with Crippen LogP contribution < -0.4 is 5.32 Å². The molecule has 0 aliphatic carbocycles. The summed E-state index contributed by atoms with van der Waals surface area (Å²) < 4.78 is 11.1. The summed E-state index contributed by atoms with van der Waals surface area (Å²) in [5, 5.41) is 2.71. The van der Waals surface area contributed by atoms with E-state index in [1.165, 1.54) is 0 Å². The normalized spacial score (nSPS) is 21.5. The minimum Gasteiger partial charge on any atom is -0.464 e. The van der Waals surface area contributed by atoms with Crippen LogP contribution in [0.1, 0.15) is 19.4 Å². The lowest BCUT2D eigenvalue weighted by molar-refractivity contribution is -0.147. The predicted molar refractivity (Wildman–Crippen MR) is 80.7 cm³/mol. The quantitative estimate of drug-likeness (QED) is 0.624. The van der Waals surface area contributed by atoms with Gasteiger partial charge < -0.3 is 14.8 Å². The molecule has 0 saturated carbocycles. The maximum absolute atomic E-state index is 12.0. The fourth-order valence-electron chi connectivity index (χ4n) is 2.01. The molecule has 1 N–H and O–H groups in total. The first-order valence-corrected chi connectivity index (χ1v) is 7.67. The molecular weight excluding hydrogens is 338 g/mol. The van der Waals surface area contributed by atoms with Crippen molar-refractivity contribution in [2.24, 2.45) is 0 Å². The van der Waals surface area contributed by atoms with E-state index >= 15 is 0 Å². The fourth-order valence-corrected chi connectivity index (χ4v) is 2.27.